The van der Waals surface area contributed by atoms with E-state index in [2.05, 4.69) is 0 Å². The van der Waals surface area contributed by atoms with Crippen molar-refractivity contribution in [3.8, 4) is 5.75 Å². The highest BCUT2D eigenvalue weighted by atomic mass is 16.8. The standard InChI is InChI=1S/C25H26O12/c1-9-13(26)15-23-14(27)16-24(31,10(2)18(28)34-16)25(23,20(30)35-15)37-21-22(9,23)17(19(29)36-21)33-8-11-4-6-12(32-3)7-5-11/h4-7,9-10,13-17,21,26-27,31H,8H2,1-3H3/t9-,10-,13-,14+,15?,16+,17+,21?,22?,23?,24-,25+/m1/s1. The molecule has 12 atom stereocenters. The molecule has 198 valence electrons. The molecule has 4 saturated heterocycles. The molecule has 0 radical (unpaired) electrons. The zero-order valence-electron chi connectivity index (χ0n) is 20.2. The Morgan fingerprint density at radius 2 is 1.68 bits per heavy atom. The van der Waals surface area contributed by atoms with Crippen molar-refractivity contribution in [3.05, 3.63) is 29.8 Å². The second-order valence-electron chi connectivity index (χ2n) is 10.9. The number of carbonyl (C=O) groups excluding carboxylic acids is 3. The van der Waals surface area contributed by atoms with E-state index in [1.807, 2.05) is 0 Å². The van der Waals surface area contributed by atoms with Crippen molar-refractivity contribution in [3.63, 3.8) is 0 Å². The molecule has 3 N–H and O–H groups in total. The topological polar surface area (TPSA) is 167 Å². The van der Waals surface area contributed by atoms with Gasteiger partial charge in [0.15, 0.2) is 17.8 Å². The van der Waals surface area contributed by atoms with Crippen LogP contribution in [0.1, 0.15) is 19.4 Å². The largest absolute Gasteiger partial charge is 0.497 e. The first-order valence-corrected chi connectivity index (χ1v) is 12.2. The average molecular weight is 518 g/mol. The van der Waals surface area contributed by atoms with Crippen LogP contribution in [0.4, 0.5) is 0 Å². The molecule has 0 aromatic heterocycles. The van der Waals surface area contributed by atoms with E-state index in [0.717, 1.165) is 0 Å². The van der Waals surface area contributed by atoms with Crippen molar-refractivity contribution in [2.24, 2.45) is 22.7 Å². The molecular weight excluding hydrogens is 492 g/mol. The van der Waals surface area contributed by atoms with Gasteiger partial charge in [0.05, 0.1) is 36.6 Å². The van der Waals surface area contributed by atoms with Crippen LogP contribution < -0.4 is 4.74 Å². The lowest BCUT2D eigenvalue weighted by atomic mass is 9.54. The Morgan fingerprint density at radius 3 is 2.35 bits per heavy atom. The maximum absolute atomic E-state index is 13.6. The molecule has 0 amide bonds. The van der Waals surface area contributed by atoms with E-state index in [9.17, 15) is 29.7 Å². The van der Waals surface area contributed by atoms with Crippen molar-refractivity contribution in [1.29, 1.82) is 0 Å². The minimum Gasteiger partial charge on any atom is -0.497 e. The van der Waals surface area contributed by atoms with Gasteiger partial charge in [-0.15, -0.1) is 0 Å². The van der Waals surface area contributed by atoms with Crippen molar-refractivity contribution >= 4 is 17.9 Å². The van der Waals surface area contributed by atoms with Gasteiger partial charge in [0.2, 0.25) is 11.9 Å². The summed E-state index contributed by atoms with van der Waals surface area (Å²) >= 11 is 0. The predicted molar refractivity (Wildman–Crippen MR) is 115 cm³/mol. The Morgan fingerprint density at radius 1 is 0.973 bits per heavy atom. The fourth-order valence-corrected chi connectivity index (χ4v) is 8.47. The molecule has 0 bridgehead atoms. The van der Waals surface area contributed by atoms with Crippen molar-refractivity contribution in [2.45, 2.75) is 68.5 Å². The number of hydrogen-bond acceptors (Lipinski definition) is 12. The Labute approximate surface area is 210 Å². The summed E-state index contributed by atoms with van der Waals surface area (Å²) in [4.78, 5) is 39.4. The van der Waals surface area contributed by atoms with Gasteiger partial charge in [-0.3, -0.25) is 4.79 Å². The molecule has 6 fully saturated rings. The molecule has 2 spiro atoms. The fourth-order valence-electron chi connectivity index (χ4n) is 8.47. The van der Waals surface area contributed by atoms with E-state index in [1.54, 1.807) is 31.2 Å². The maximum atomic E-state index is 13.6. The molecule has 4 heterocycles. The molecule has 12 heteroatoms. The van der Waals surface area contributed by atoms with Gasteiger partial charge in [0, 0.05) is 5.92 Å². The Bertz CT molecular complexity index is 1230. The van der Waals surface area contributed by atoms with Crippen LogP contribution in [0, 0.1) is 22.7 Å². The Kier molecular flexibility index (Phi) is 4.29. The molecule has 1 aromatic rings. The van der Waals surface area contributed by atoms with Crippen LogP contribution in [0.15, 0.2) is 24.3 Å². The number of fused-ring (bicyclic) bond motifs is 1. The second kappa shape index (κ2) is 6.80. The number of esters is 3. The summed E-state index contributed by atoms with van der Waals surface area (Å²) in [5.74, 6) is -4.19. The van der Waals surface area contributed by atoms with Crippen molar-refractivity contribution in [2.75, 3.05) is 7.11 Å². The summed E-state index contributed by atoms with van der Waals surface area (Å²) in [6.45, 7) is 2.94. The van der Waals surface area contributed by atoms with E-state index < -0.39 is 88.6 Å². The van der Waals surface area contributed by atoms with Gasteiger partial charge in [-0.25, -0.2) is 9.59 Å². The minimum atomic E-state index is -2.35. The first kappa shape index (κ1) is 23.4. The lowest BCUT2D eigenvalue weighted by Gasteiger charge is -2.44. The van der Waals surface area contributed by atoms with Crippen LogP contribution in [0.3, 0.4) is 0 Å². The molecule has 2 aliphatic carbocycles. The number of ether oxygens (including phenoxy) is 6. The summed E-state index contributed by atoms with van der Waals surface area (Å²) in [5.41, 5.74) is -7.56. The van der Waals surface area contributed by atoms with Gasteiger partial charge in [0.1, 0.15) is 18.0 Å². The van der Waals surface area contributed by atoms with Gasteiger partial charge >= 0.3 is 17.9 Å². The zero-order valence-corrected chi connectivity index (χ0v) is 20.2. The van der Waals surface area contributed by atoms with Gasteiger partial charge in [0.25, 0.3) is 0 Å². The first-order valence-electron chi connectivity index (χ1n) is 12.2. The maximum Gasteiger partial charge on any atom is 0.343 e. The number of methoxy groups -OCH3 is 1. The third kappa shape index (κ3) is 2.03. The summed E-state index contributed by atoms with van der Waals surface area (Å²) in [7, 11) is 1.54. The SMILES string of the molecule is COc1ccc(CO[C@H]2C(=O)OC3O[C@@]45C(=O)OC6[C@H](O)[C@@H](C)C32C64[C@@H](O)[C@@H]2OC(=O)[C@@H](C)[C@@]25O)cc1. The average Bonchev–Trinajstić information content (AvgIpc) is 3.58. The highest BCUT2D eigenvalue weighted by molar-refractivity contribution is 5.94. The molecule has 4 unspecified atom stereocenters. The summed E-state index contributed by atoms with van der Waals surface area (Å²) in [6.07, 6.45) is -8.91. The number of rotatable bonds is 4. The molecular formula is C25H26O12. The van der Waals surface area contributed by atoms with Crippen LogP contribution in [0.2, 0.25) is 0 Å². The summed E-state index contributed by atoms with van der Waals surface area (Å²) in [6, 6.07) is 6.95. The number of aliphatic hydroxyl groups is 3. The normalized spacial score (nSPS) is 52.3. The zero-order chi connectivity index (χ0) is 26.3. The van der Waals surface area contributed by atoms with Crippen LogP contribution >= 0.6 is 0 Å². The second-order valence-corrected chi connectivity index (χ2v) is 10.9. The van der Waals surface area contributed by atoms with E-state index in [4.69, 9.17) is 28.4 Å². The van der Waals surface area contributed by atoms with E-state index in [-0.39, 0.29) is 6.61 Å². The summed E-state index contributed by atoms with van der Waals surface area (Å²) in [5, 5.41) is 35.2. The molecule has 6 aliphatic rings. The van der Waals surface area contributed by atoms with Gasteiger partial charge in [-0.2, -0.15) is 0 Å². The van der Waals surface area contributed by atoms with Crippen LogP contribution in [-0.2, 0) is 44.7 Å². The van der Waals surface area contributed by atoms with E-state index in [1.165, 1.54) is 14.0 Å². The lowest BCUT2D eigenvalue weighted by molar-refractivity contribution is -0.238. The van der Waals surface area contributed by atoms with E-state index >= 15 is 0 Å². The van der Waals surface area contributed by atoms with Gasteiger partial charge < -0.3 is 43.7 Å². The third-order valence-electron chi connectivity index (χ3n) is 9.97. The van der Waals surface area contributed by atoms with E-state index in [0.29, 0.717) is 11.3 Å². The number of carbonyl (C=O) groups is 3. The number of aliphatic hydroxyl groups excluding tert-OH is 2. The predicted octanol–water partition coefficient (Wildman–Crippen LogP) is -1.19. The molecule has 4 aliphatic heterocycles. The molecule has 7 rings (SSSR count). The highest BCUT2D eigenvalue weighted by Gasteiger charge is 3.04. The Balaban J connectivity index is 1.40. The molecule has 37 heavy (non-hydrogen) atoms. The van der Waals surface area contributed by atoms with Gasteiger partial charge in [-0.1, -0.05) is 19.1 Å². The first-order chi connectivity index (χ1) is 17.5. The molecule has 12 nitrogen and oxygen atoms in total. The molecule has 1 aromatic carbocycles. The van der Waals surface area contributed by atoms with Crippen LogP contribution in [0.25, 0.3) is 0 Å². The third-order valence-corrected chi connectivity index (χ3v) is 9.97. The lowest BCUT2D eigenvalue weighted by Crippen LogP contribution is -2.67. The monoisotopic (exact) mass is 518 g/mol. The number of hydrogen-bond donors (Lipinski definition) is 3. The fraction of sp³-hybridized carbons (Fsp3) is 0.640. The Hall–Kier alpha value is -2.77. The highest BCUT2D eigenvalue weighted by Crippen LogP contribution is 2.83. The van der Waals surface area contributed by atoms with Gasteiger partial charge in [-0.05, 0) is 24.6 Å². The van der Waals surface area contributed by atoms with Crippen molar-refractivity contribution < 1.29 is 58.1 Å². The van der Waals surface area contributed by atoms with Crippen LogP contribution in [0.5, 0.6) is 5.75 Å². The smallest absolute Gasteiger partial charge is 0.343 e. The summed E-state index contributed by atoms with van der Waals surface area (Å²) < 4.78 is 34.1. The van der Waals surface area contributed by atoms with Crippen molar-refractivity contribution in [1.82, 2.24) is 0 Å². The molecule has 2 saturated carbocycles. The minimum absolute atomic E-state index is 0.0568. The van der Waals surface area contributed by atoms with Crippen LogP contribution in [-0.4, -0.2) is 88.3 Å². The quantitative estimate of drug-likeness (QED) is 0.323. The number of benzene rings is 1.